The Morgan fingerprint density at radius 1 is 0.850 bits per heavy atom. The molecular formula is C30H39N9O. The zero-order valence-electron chi connectivity index (χ0n) is 23.0. The van der Waals surface area contributed by atoms with Gasteiger partial charge in [0, 0.05) is 49.2 Å². The van der Waals surface area contributed by atoms with Crippen LogP contribution in [0.5, 0.6) is 5.75 Å². The number of hydrogen-bond donors (Lipinski definition) is 3. The first-order valence-corrected chi connectivity index (χ1v) is 14.9. The molecule has 10 nitrogen and oxygen atoms in total. The Hall–Kier alpha value is -3.50. The third-order valence-corrected chi connectivity index (χ3v) is 9.52. The number of fused-ring (bicyclic) bond motifs is 2. The first kappa shape index (κ1) is 25.5. The van der Waals surface area contributed by atoms with Gasteiger partial charge < -0.3 is 30.9 Å². The lowest BCUT2D eigenvalue weighted by atomic mass is 9.89. The normalized spacial score (nSPS) is 24.5. The number of anilines is 3. The predicted molar refractivity (Wildman–Crippen MR) is 157 cm³/mol. The lowest BCUT2D eigenvalue weighted by molar-refractivity contribution is 0.127. The molecule has 2 unspecified atom stereocenters. The Morgan fingerprint density at radius 3 is 2.25 bits per heavy atom. The van der Waals surface area contributed by atoms with Crippen LogP contribution in [0.4, 0.5) is 17.5 Å². The number of phenols is 1. The lowest BCUT2D eigenvalue weighted by Gasteiger charge is -2.42. The molecule has 2 bridgehead atoms. The van der Waals surface area contributed by atoms with Gasteiger partial charge >= 0.3 is 0 Å². The number of nitrogen functional groups attached to an aromatic ring is 1. The minimum atomic E-state index is 0.185. The number of piperazine rings is 1. The van der Waals surface area contributed by atoms with Crippen molar-refractivity contribution in [3.05, 3.63) is 48.3 Å². The van der Waals surface area contributed by atoms with Gasteiger partial charge in [-0.2, -0.15) is 0 Å². The van der Waals surface area contributed by atoms with E-state index in [1.165, 1.54) is 44.3 Å². The quantitative estimate of drug-likeness (QED) is 0.445. The molecule has 0 radical (unpaired) electrons. The molecule has 0 aliphatic carbocycles. The molecule has 4 fully saturated rings. The summed E-state index contributed by atoms with van der Waals surface area (Å²) in [6.45, 7) is 6.33. The van der Waals surface area contributed by atoms with Gasteiger partial charge in [0.2, 0.25) is 5.95 Å². The summed E-state index contributed by atoms with van der Waals surface area (Å²) in [7, 11) is 0. The molecule has 2 aromatic heterocycles. The van der Waals surface area contributed by atoms with Crippen LogP contribution in [0.15, 0.2) is 42.7 Å². The molecule has 3 aromatic rings. The number of likely N-dealkylation sites (tertiary alicyclic amines) is 1. The van der Waals surface area contributed by atoms with E-state index in [1.54, 1.807) is 12.1 Å². The maximum Gasteiger partial charge on any atom is 0.225 e. The molecule has 40 heavy (non-hydrogen) atoms. The molecule has 7 rings (SSSR count). The molecule has 10 heteroatoms. The van der Waals surface area contributed by atoms with E-state index in [2.05, 4.69) is 42.6 Å². The van der Waals surface area contributed by atoms with Crippen LogP contribution < -0.4 is 20.9 Å². The molecule has 210 valence electrons. The van der Waals surface area contributed by atoms with Gasteiger partial charge in [-0.1, -0.05) is 12.1 Å². The second-order valence-corrected chi connectivity index (χ2v) is 11.8. The SMILES string of the molecule is Nc1nnc(-c2ccccc2O)cc1N1CC2CCC(C1)N2c1ncc(C2CCN(C3CCNCC3)CC2)cn1. The molecule has 0 amide bonds. The molecule has 2 atom stereocenters. The fourth-order valence-corrected chi connectivity index (χ4v) is 7.34. The van der Waals surface area contributed by atoms with Crippen molar-refractivity contribution >= 4 is 17.5 Å². The molecular weight excluding hydrogens is 502 g/mol. The molecule has 4 aliphatic rings. The summed E-state index contributed by atoms with van der Waals surface area (Å²) in [6, 6.07) is 10.5. The maximum atomic E-state index is 10.3. The third-order valence-electron chi connectivity index (χ3n) is 9.52. The number of nitrogens with one attached hydrogen (secondary N) is 1. The third kappa shape index (κ3) is 4.83. The number of piperidine rings is 2. The van der Waals surface area contributed by atoms with Gasteiger partial charge in [0.15, 0.2) is 5.82 Å². The van der Waals surface area contributed by atoms with Crippen molar-refractivity contribution in [1.29, 1.82) is 0 Å². The van der Waals surface area contributed by atoms with Crippen molar-refractivity contribution in [2.75, 3.05) is 54.8 Å². The number of nitrogens with zero attached hydrogens (tertiary/aromatic N) is 7. The number of benzene rings is 1. The summed E-state index contributed by atoms with van der Waals surface area (Å²) in [5.74, 6) is 2.00. The Morgan fingerprint density at radius 2 is 1.55 bits per heavy atom. The maximum absolute atomic E-state index is 10.3. The van der Waals surface area contributed by atoms with E-state index in [0.29, 0.717) is 35.1 Å². The van der Waals surface area contributed by atoms with Crippen LogP contribution in [0.2, 0.25) is 0 Å². The van der Waals surface area contributed by atoms with Crippen LogP contribution in [0.1, 0.15) is 50.0 Å². The van der Waals surface area contributed by atoms with Crippen molar-refractivity contribution in [1.82, 2.24) is 30.4 Å². The summed E-state index contributed by atoms with van der Waals surface area (Å²) < 4.78 is 0. The van der Waals surface area contributed by atoms with Gasteiger partial charge in [-0.3, -0.25) is 0 Å². The average Bonchev–Trinajstić information content (AvgIpc) is 3.27. The topological polar surface area (TPSA) is 120 Å². The van der Waals surface area contributed by atoms with Crippen LogP contribution >= 0.6 is 0 Å². The summed E-state index contributed by atoms with van der Waals surface area (Å²) in [5.41, 5.74) is 9.74. The summed E-state index contributed by atoms with van der Waals surface area (Å²) >= 11 is 0. The fourth-order valence-electron chi connectivity index (χ4n) is 7.34. The average molecular weight is 542 g/mol. The van der Waals surface area contributed by atoms with Gasteiger partial charge in [0.1, 0.15) is 5.75 Å². The second-order valence-electron chi connectivity index (χ2n) is 11.8. The number of hydrogen-bond acceptors (Lipinski definition) is 10. The van der Waals surface area contributed by atoms with E-state index in [-0.39, 0.29) is 5.75 Å². The molecule has 6 heterocycles. The largest absolute Gasteiger partial charge is 0.507 e. The lowest BCUT2D eigenvalue weighted by Crippen LogP contribution is -2.54. The van der Waals surface area contributed by atoms with Crippen molar-refractivity contribution in [3.8, 4) is 17.0 Å². The Bertz CT molecular complexity index is 1310. The Labute approximate surface area is 235 Å². The van der Waals surface area contributed by atoms with E-state index < -0.39 is 0 Å². The highest BCUT2D eigenvalue weighted by Gasteiger charge is 2.42. The monoisotopic (exact) mass is 541 g/mol. The highest BCUT2D eigenvalue weighted by atomic mass is 16.3. The first-order valence-electron chi connectivity index (χ1n) is 14.9. The number of phenolic OH excluding ortho intramolecular Hbond substituents is 1. The fraction of sp³-hybridized carbons (Fsp3) is 0.533. The molecule has 0 saturated carbocycles. The van der Waals surface area contributed by atoms with Crippen molar-refractivity contribution in [3.63, 3.8) is 0 Å². The van der Waals surface area contributed by atoms with Crippen molar-refractivity contribution < 1.29 is 5.11 Å². The number of rotatable bonds is 5. The molecule has 4 aliphatic heterocycles. The Balaban J connectivity index is 1.02. The summed E-state index contributed by atoms with van der Waals surface area (Å²) in [4.78, 5) is 17.3. The van der Waals surface area contributed by atoms with Crippen LogP contribution in [0.3, 0.4) is 0 Å². The predicted octanol–water partition coefficient (Wildman–Crippen LogP) is 3.01. The van der Waals surface area contributed by atoms with Crippen molar-refractivity contribution in [2.24, 2.45) is 0 Å². The summed E-state index contributed by atoms with van der Waals surface area (Å²) in [6.07, 6.45) is 11.3. The number of para-hydroxylation sites is 1. The van der Waals surface area contributed by atoms with Gasteiger partial charge in [-0.15, -0.1) is 10.2 Å². The van der Waals surface area contributed by atoms with Crippen LogP contribution in [0, 0.1) is 0 Å². The van der Waals surface area contributed by atoms with Gasteiger partial charge in [-0.25, -0.2) is 9.97 Å². The number of aromatic hydroxyl groups is 1. The van der Waals surface area contributed by atoms with E-state index in [1.807, 2.05) is 18.2 Å². The second kappa shape index (κ2) is 10.8. The number of aromatic nitrogens is 4. The minimum Gasteiger partial charge on any atom is -0.507 e. The molecule has 0 spiro atoms. The summed E-state index contributed by atoms with van der Waals surface area (Å²) in [5, 5.41) is 22.3. The van der Waals surface area contributed by atoms with Crippen molar-refractivity contribution in [2.45, 2.75) is 62.6 Å². The van der Waals surface area contributed by atoms with Crippen LogP contribution in [-0.2, 0) is 0 Å². The minimum absolute atomic E-state index is 0.185. The van der Waals surface area contributed by atoms with E-state index in [0.717, 1.165) is 56.7 Å². The van der Waals surface area contributed by atoms with Crippen LogP contribution in [0.25, 0.3) is 11.3 Å². The van der Waals surface area contributed by atoms with Crippen LogP contribution in [-0.4, -0.2) is 87.6 Å². The number of nitrogens with two attached hydrogens (primary N) is 1. The first-order chi connectivity index (χ1) is 19.6. The molecule has 1 aromatic carbocycles. The van der Waals surface area contributed by atoms with E-state index >= 15 is 0 Å². The smallest absolute Gasteiger partial charge is 0.225 e. The highest BCUT2D eigenvalue weighted by molar-refractivity contribution is 5.74. The van der Waals surface area contributed by atoms with E-state index in [9.17, 15) is 5.11 Å². The zero-order chi connectivity index (χ0) is 27.1. The van der Waals surface area contributed by atoms with E-state index in [4.69, 9.17) is 15.7 Å². The molecule has 4 saturated heterocycles. The molecule has 4 N–H and O–H groups in total. The van der Waals surface area contributed by atoms with Gasteiger partial charge in [-0.05, 0) is 94.4 Å². The highest BCUT2D eigenvalue weighted by Crippen LogP contribution is 2.38. The van der Waals surface area contributed by atoms with Gasteiger partial charge in [0.25, 0.3) is 0 Å². The Kier molecular flexibility index (Phi) is 6.89. The zero-order valence-corrected chi connectivity index (χ0v) is 23.0. The standard InChI is InChI=1S/C30H39N9O/c31-29-27(15-26(35-36-29)25-3-1-2-4-28(25)40)38-18-23-5-6-24(19-38)39(23)30-33-16-21(17-34-30)20-9-13-37(14-10-20)22-7-11-32-12-8-22/h1-4,15-17,20,22-24,32,40H,5-14,18-19H2,(H2,31,36). The van der Waals surface area contributed by atoms with Gasteiger partial charge in [0.05, 0.1) is 11.4 Å².